The largest absolute Gasteiger partial charge is 0.426 e. The van der Waals surface area contributed by atoms with Gasteiger partial charge >= 0.3 is 12.1 Å². The van der Waals surface area contributed by atoms with E-state index >= 15 is 0 Å². The topological polar surface area (TPSA) is 63.7 Å². The summed E-state index contributed by atoms with van der Waals surface area (Å²) in [5.41, 5.74) is 0.431. The molecule has 0 radical (unpaired) electrons. The van der Waals surface area contributed by atoms with Crippen LogP contribution < -0.4 is 4.74 Å². The van der Waals surface area contributed by atoms with Crippen LogP contribution in [0.1, 0.15) is 29.5 Å². The lowest BCUT2D eigenvalue weighted by molar-refractivity contribution is -0.140. The molecule has 0 N–H and O–H groups in total. The average molecular weight is 441 g/mol. The number of piperidine rings is 1. The van der Waals surface area contributed by atoms with Crippen LogP contribution in [0, 0.1) is 19.8 Å². The van der Waals surface area contributed by atoms with Crippen LogP contribution in [0.5, 0.6) is 5.75 Å². The Hall–Kier alpha value is -2.39. The first kappa shape index (κ1) is 22.3. The molecule has 0 amide bonds. The Morgan fingerprint density at radius 3 is 2.13 bits per heavy atom. The molecule has 2 aromatic carbocycles. The number of alkyl halides is 3. The van der Waals surface area contributed by atoms with E-state index < -0.39 is 38.5 Å². The molecule has 0 saturated carbocycles. The van der Waals surface area contributed by atoms with Crippen molar-refractivity contribution < 1.29 is 31.1 Å². The standard InChI is InChI=1S/C21H22F3NO4S/c1-14-6-5-7-15(2)19(14)29-20(26)16-10-12-25(13-11-16)30(27,28)18-9-4-3-8-17(18)21(22,23)24/h3-9,16H,10-13H2,1-2H3. The highest BCUT2D eigenvalue weighted by atomic mass is 32.2. The Bertz CT molecular complexity index is 1020. The fourth-order valence-corrected chi connectivity index (χ4v) is 5.22. The van der Waals surface area contributed by atoms with Crippen LogP contribution >= 0.6 is 0 Å². The molecule has 3 rings (SSSR count). The molecular formula is C21H22F3NO4S. The van der Waals surface area contributed by atoms with Crippen molar-refractivity contribution in [2.75, 3.05) is 13.1 Å². The SMILES string of the molecule is Cc1cccc(C)c1OC(=O)C1CCN(S(=O)(=O)c2ccccc2C(F)(F)F)CC1. The third-order valence-electron chi connectivity index (χ3n) is 5.21. The van der Waals surface area contributed by atoms with Crippen molar-refractivity contribution in [2.45, 2.75) is 37.8 Å². The molecule has 1 aliphatic heterocycles. The Morgan fingerprint density at radius 2 is 1.57 bits per heavy atom. The van der Waals surface area contributed by atoms with Crippen molar-refractivity contribution >= 4 is 16.0 Å². The first-order valence-electron chi connectivity index (χ1n) is 9.46. The van der Waals surface area contributed by atoms with Gasteiger partial charge in [0.15, 0.2) is 0 Å². The van der Waals surface area contributed by atoms with Crippen molar-refractivity contribution in [3.63, 3.8) is 0 Å². The first-order valence-corrected chi connectivity index (χ1v) is 10.9. The number of benzene rings is 2. The van der Waals surface area contributed by atoms with Gasteiger partial charge in [0.05, 0.1) is 16.4 Å². The number of para-hydroxylation sites is 1. The molecule has 0 spiro atoms. The smallest absolute Gasteiger partial charge is 0.417 e. The van der Waals surface area contributed by atoms with Gasteiger partial charge in [0.1, 0.15) is 5.75 Å². The second-order valence-corrected chi connectivity index (χ2v) is 9.22. The van der Waals surface area contributed by atoms with Crippen LogP contribution in [0.15, 0.2) is 47.4 Å². The van der Waals surface area contributed by atoms with Gasteiger partial charge in [-0.25, -0.2) is 8.42 Å². The monoisotopic (exact) mass is 441 g/mol. The van der Waals surface area contributed by atoms with Gasteiger partial charge in [-0.15, -0.1) is 0 Å². The van der Waals surface area contributed by atoms with E-state index in [2.05, 4.69) is 0 Å². The molecule has 162 valence electrons. The van der Waals surface area contributed by atoms with E-state index in [1.54, 1.807) is 0 Å². The number of aryl methyl sites for hydroxylation is 2. The number of esters is 1. The van der Waals surface area contributed by atoms with Crippen molar-refractivity contribution in [3.8, 4) is 5.75 Å². The molecule has 0 aliphatic carbocycles. The number of hydrogen-bond acceptors (Lipinski definition) is 4. The normalized spacial score (nSPS) is 16.4. The summed E-state index contributed by atoms with van der Waals surface area (Å²) >= 11 is 0. The zero-order valence-corrected chi connectivity index (χ0v) is 17.4. The summed E-state index contributed by atoms with van der Waals surface area (Å²) < 4.78 is 71.9. The molecule has 1 fully saturated rings. The van der Waals surface area contributed by atoms with Gasteiger partial charge in [-0.1, -0.05) is 30.3 Å². The fraction of sp³-hybridized carbons (Fsp3) is 0.381. The maximum Gasteiger partial charge on any atom is 0.417 e. The molecular weight excluding hydrogens is 419 g/mol. The van der Waals surface area contributed by atoms with E-state index in [1.165, 1.54) is 6.07 Å². The molecule has 1 saturated heterocycles. The molecule has 0 atom stereocenters. The summed E-state index contributed by atoms with van der Waals surface area (Å²) in [6.45, 7) is 3.54. The predicted octanol–water partition coefficient (Wildman–Crippen LogP) is 4.33. The van der Waals surface area contributed by atoms with Crippen LogP contribution in [0.4, 0.5) is 13.2 Å². The lowest BCUT2D eigenvalue weighted by Gasteiger charge is -2.31. The van der Waals surface area contributed by atoms with Crippen LogP contribution in [-0.2, 0) is 21.0 Å². The minimum atomic E-state index is -4.78. The average Bonchev–Trinajstić information content (AvgIpc) is 2.70. The Balaban J connectivity index is 1.72. The minimum absolute atomic E-state index is 0.0545. The zero-order chi connectivity index (χ0) is 22.1. The van der Waals surface area contributed by atoms with E-state index in [4.69, 9.17) is 4.74 Å². The molecule has 1 aliphatic rings. The van der Waals surface area contributed by atoms with Crippen molar-refractivity contribution in [1.82, 2.24) is 4.31 Å². The second kappa shape index (κ2) is 8.39. The lowest BCUT2D eigenvalue weighted by Crippen LogP contribution is -2.41. The van der Waals surface area contributed by atoms with Gasteiger partial charge in [-0.3, -0.25) is 4.79 Å². The van der Waals surface area contributed by atoms with Gasteiger partial charge < -0.3 is 4.74 Å². The number of hydrogen-bond donors (Lipinski definition) is 0. The number of carbonyl (C=O) groups excluding carboxylic acids is 1. The number of nitrogens with zero attached hydrogens (tertiary/aromatic N) is 1. The van der Waals surface area contributed by atoms with Crippen molar-refractivity contribution in [1.29, 1.82) is 0 Å². The van der Waals surface area contributed by atoms with Gasteiger partial charge in [0, 0.05) is 13.1 Å². The Labute approximate surface area is 173 Å². The molecule has 5 nitrogen and oxygen atoms in total. The summed E-state index contributed by atoms with van der Waals surface area (Å²) in [4.78, 5) is 11.8. The first-order chi connectivity index (χ1) is 14.0. The van der Waals surface area contributed by atoms with Crippen LogP contribution in [0.2, 0.25) is 0 Å². The summed E-state index contributed by atoms with van der Waals surface area (Å²) in [6.07, 6.45) is -4.43. The summed E-state index contributed by atoms with van der Waals surface area (Å²) in [5, 5.41) is 0. The highest BCUT2D eigenvalue weighted by Crippen LogP contribution is 2.36. The number of sulfonamides is 1. The van der Waals surface area contributed by atoms with Crippen molar-refractivity contribution in [2.24, 2.45) is 5.92 Å². The number of ether oxygens (including phenoxy) is 1. The zero-order valence-electron chi connectivity index (χ0n) is 16.6. The second-order valence-electron chi connectivity index (χ2n) is 7.31. The molecule has 0 unspecified atom stereocenters. The summed E-state index contributed by atoms with van der Waals surface area (Å²) in [7, 11) is -4.34. The molecule has 0 aromatic heterocycles. The Kier molecular flexibility index (Phi) is 6.24. The quantitative estimate of drug-likeness (QED) is 0.523. The third kappa shape index (κ3) is 4.52. The minimum Gasteiger partial charge on any atom is -0.426 e. The fourth-order valence-electron chi connectivity index (χ4n) is 3.54. The van der Waals surface area contributed by atoms with E-state index in [0.29, 0.717) is 5.75 Å². The van der Waals surface area contributed by atoms with Gasteiger partial charge in [0.25, 0.3) is 0 Å². The number of halogens is 3. The molecule has 1 heterocycles. The molecule has 2 aromatic rings. The highest BCUT2D eigenvalue weighted by molar-refractivity contribution is 7.89. The Morgan fingerprint density at radius 1 is 1.00 bits per heavy atom. The van der Waals surface area contributed by atoms with E-state index in [0.717, 1.165) is 33.6 Å². The van der Waals surface area contributed by atoms with E-state index in [9.17, 15) is 26.4 Å². The lowest BCUT2D eigenvalue weighted by atomic mass is 9.98. The maximum atomic E-state index is 13.2. The molecule has 9 heteroatoms. The predicted molar refractivity (Wildman–Crippen MR) is 104 cm³/mol. The number of carbonyl (C=O) groups is 1. The number of rotatable bonds is 4. The highest BCUT2D eigenvalue weighted by Gasteiger charge is 2.40. The van der Waals surface area contributed by atoms with Crippen molar-refractivity contribution in [3.05, 3.63) is 59.2 Å². The van der Waals surface area contributed by atoms with Gasteiger partial charge in [0.2, 0.25) is 10.0 Å². The van der Waals surface area contributed by atoms with Gasteiger partial charge in [-0.05, 0) is 49.9 Å². The van der Waals surface area contributed by atoms with Gasteiger partial charge in [-0.2, -0.15) is 17.5 Å². The van der Waals surface area contributed by atoms with E-state index in [-0.39, 0.29) is 25.9 Å². The molecule has 30 heavy (non-hydrogen) atoms. The molecule has 0 bridgehead atoms. The summed E-state index contributed by atoms with van der Waals surface area (Å²) in [5.74, 6) is -0.495. The van der Waals surface area contributed by atoms with Crippen LogP contribution in [0.25, 0.3) is 0 Å². The summed E-state index contributed by atoms with van der Waals surface area (Å²) in [6, 6.07) is 9.62. The van der Waals surface area contributed by atoms with E-state index in [1.807, 2.05) is 32.0 Å². The maximum absolute atomic E-state index is 13.2. The third-order valence-corrected chi connectivity index (χ3v) is 7.17. The van der Waals surface area contributed by atoms with Crippen LogP contribution in [-0.4, -0.2) is 31.8 Å². The van der Waals surface area contributed by atoms with Crippen LogP contribution in [0.3, 0.4) is 0 Å².